The van der Waals surface area contributed by atoms with Gasteiger partial charge >= 0.3 is 0 Å². The first kappa shape index (κ1) is 22.4. The molecule has 2 heterocycles. The van der Waals surface area contributed by atoms with E-state index in [0.717, 1.165) is 28.0 Å². The molecule has 0 bridgehead atoms. The number of allylic oxidation sites excluding steroid dienone is 2. The standard InChI is InChI=1S/C27H20FNO3S2/c1-2-31-19-13-9-17(10-14-19)25-21(15-23-26(30)29-27(33)34-23)24(16-7-11-18(28)12-8-16)20-5-3-4-6-22(20)32-25/h3-15,24H,2H2,1H3,(H,29,30,33)/b23-15-. The first-order valence-electron chi connectivity index (χ1n) is 10.8. The number of nitrogens with one attached hydrogen (secondary N) is 1. The number of benzene rings is 3. The van der Waals surface area contributed by atoms with Crippen molar-refractivity contribution in [1.82, 2.24) is 5.32 Å². The highest BCUT2D eigenvalue weighted by molar-refractivity contribution is 8.26. The van der Waals surface area contributed by atoms with E-state index in [1.54, 1.807) is 12.1 Å². The van der Waals surface area contributed by atoms with Crippen molar-refractivity contribution in [2.75, 3.05) is 6.61 Å². The zero-order valence-corrected chi connectivity index (χ0v) is 19.8. The summed E-state index contributed by atoms with van der Waals surface area (Å²) < 4.78 is 26.2. The molecular weight excluding hydrogens is 469 g/mol. The van der Waals surface area contributed by atoms with E-state index in [1.165, 1.54) is 23.9 Å². The van der Waals surface area contributed by atoms with Crippen molar-refractivity contribution < 1.29 is 18.7 Å². The molecule has 0 saturated carbocycles. The predicted molar refractivity (Wildman–Crippen MR) is 136 cm³/mol. The molecule has 0 aromatic heterocycles. The maximum absolute atomic E-state index is 13.8. The van der Waals surface area contributed by atoms with Gasteiger partial charge in [-0.3, -0.25) is 4.79 Å². The fraction of sp³-hybridized carbons (Fsp3) is 0.111. The van der Waals surface area contributed by atoms with Gasteiger partial charge in [-0.2, -0.15) is 0 Å². The molecule has 0 radical (unpaired) electrons. The summed E-state index contributed by atoms with van der Waals surface area (Å²) in [5.74, 6) is 1.26. The fourth-order valence-electron chi connectivity index (χ4n) is 4.10. The van der Waals surface area contributed by atoms with Crippen LogP contribution in [-0.2, 0) is 4.79 Å². The molecule has 2 aliphatic rings. The van der Waals surface area contributed by atoms with Crippen LogP contribution in [0, 0.1) is 5.82 Å². The number of carbonyl (C=O) groups excluding carboxylic acids is 1. The average Bonchev–Trinajstić information content (AvgIpc) is 3.16. The molecule has 3 aromatic carbocycles. The second kappa shape index (κ2) is 9.44. The lowest BCUT2D eigenvalue weighted by Gasteiger charge is -2.30. The quantitative estimate of drug-likeness (QED) is 0.342. The van der Waals surface area contributed by atoms with E-state index >= 15 is 0 Å². The second-order valence-corrected chi connectivity index (χ2v) is 9.44. The summed E-state index contributed by atoms with van der Waals surface area (Å²) in [6.07, 6.45) is 1.83. The second-order valence-electron chi connectivity index (χ2n) is 7.72. The van der Waals surface area contributed by atoms with Gasteiger partial charge in [-0.1, -0.05) is 54.3 Å². The summed E-state index contributed by atoms with van der Waals surface area (Å²) in [4.78, 5) is 13.0. The number of carbonyl (C=O) groups is 1. The minimum absolute atomic E-state index is 0.245. The molecule has 0 aliphatic carbocycles. The van der Waals surface area contributed by atoms with Gasteiger partial charge in [0.2, 0.25) is 0 Å². The lowest BCUT2D eigenvalue weighted by molar-refractivity contribution is -0.115. The molecule has 34 heavy (non-hydrogen) atoms. The normalized spacial score (nSPS) is 18.5. The Bertz CT molecular complexity index is 1330. The van der Waals surface area contributed by atoms with Gasteiger partial charge < -0.3 is 14.8 Å². The van der Waals surface area contributed by atoms with Crippen LogP contribution in [0.25, 0.3) is 5.76 Å². The van der Waals surface area contributed by atoms with Crippen LogP contribution in [0.5, 0.6) is 11.5 Å². The molecule has 5 rings (SSSR count). The van der Waals surface area contributed by atoms with Gasteiger partial charge in [-0.25, -0.2) is 4.39 Å². The lowest BCUT2D eigenvalue weighted by Crippen LogP contribution is -2.19. The number of thioether (sulfide) groups is 1. The van der Waals surface area contributed by atoms with E-state index in [2.05, 4.69) is 5.32 Å². The minimum atomic E-state index is -0.309. The van der Waals surface area contributed by atoms with Gasteiger partial charge in [0.25, 0.3) is 5.91 Å². The lowest BCUT2D eigenvalue weighted by atomic mass is 9.81. The van der Waals surface area contributed by atoms with Crippen LogP contribution in [0.4, 0.5) is 4.39 Å². The molecule has 1 fully saturated rings. The molecular formula is C27H20FNO3S2. The van der Waals surface area contributed by atoms with Crippen LogP contribution in [0.3, 0.4) is 0 Å². The Hall–Kier alpha value is -3.42. The number of fused-ring (bicyclic) bond motifs is 1. The van der Waals surface area contributed by atoms with Gasteiger partial charge in [0.05, 0.1) is 11.5 Å². The highest BCUT2D eigenvalue weighted by Crippen LogP contribution is 2.47. The van der Waals surface area contributed by atoms with E-state index in [4.69, 9.17) is 21.7 Å². The van der Waals surface area contributed by atoms with Gasteiger partial charge in [-0.05, 0) is 61.0 Å². The molecule has 7 heteroatoms. The number of hydrogen-bond acceptors (Lipinski definition) is 5. The molecule has 1 amide bonds. The van der Waals surface area contributed by atoms with E-state index in [-0.39, 0.29) is 17.6 Å². The Morgan fingerprint density at radius 3 is 2.50 bits per heavy atom. The topological polar surface area (TPSA) is 47.6 Å². The van der Waals surface area contributed by atoms with Crippen LogP contribution < -0.4 is 14.8 Å². The largest absolute Gasteiger partial charge is 0.494 e. The molecule has 0 spiro atoms. The summed E-state index contributed by atoms with van der Waals surface area (Å²) in [6.45, 7) is 2.51. The molecule has 1 atom stereocenters. The molecule has 2 aliphatic heterocycles. The van der Waals surface area contributed by atoms with Crippen molar-refractivity contribution in [2.24, 2.45) is 0 Å². The maximum atomic E-state index is 13.8. The first-order chi connectivity index (χ1) is 16.5. The Balaban J connectivity index is 1.73. The van der Waals surface area contributed by atoms with Crippen molar-refractivity contribution in [2.45, 2.75) is 12.8 Å². The molecule has 4 nitrogen and oxygen atoms in total. The number of halogens is 1. The van der Waals surface area contributed by atoms with Crippen molar-refractivity contribution in [3.63, 3.8) is 0 Å². The van der Waals surface area contributed by atoms with Crippen LogP contribution >= 0.6 is 24.0 Å². The van der Waals surface area contributed by atoms with Crippen molar-refractivity contribution in [3.05, 3.63) is 112 Å². The molecule has 170 valence electrons. The zero-order valence-electron chi connectivity index (χ0n) is 18.2. The first-order valence-corrected chi connectivity index (χ1v) is 12.0. The highest BCUT2D eigenvalue weighted by atomic mass is 32.2. The summed E-state index contributed by atoms with van der Waals surface area (Å²) in [5.41, 5.74) is 3.44. The van der Waals surface area contributed by atoms with Gasteiger partial charge in [0.1, 0.15) is 27.4 Å². The summed E-state index contributed by atoms with van der Waals surface area (Å²) in [7, 11) is 0. The number of para-hydroxylation sites is 1. The SMILES string of the molecule is CCOc1ccc(C2=C(/C=C3\SC(=S)NC3=O)C(c3ccc(F)cc3)c3ccccc3O2)cc1. The zero-order chi connectivity index (χ0) is 23.7. The van der Waals surface area contributed by atoms with Gasteiger partial charge in [-0.15, -0.1) is 0 Å². The average molecular weight is 490 g/mol. The Morgan fingerprint density at radius 1 is 1.09 bits per heavy atom. The smallest absolute Gasteiger partial charge is 0.263 e. The van der Waals surface area contributed by atoms with E-state index < -0.39 is 0 Å². The van der Waals surface area contributed by atoms with E-state index in [0.29, 0.717) is 27.3 Å². The summed E-state index contributed by atoms with van der Waals surface area (Å²) >= 11 is 6.41. The van der Waals surface area contributed by atoms with Crippen LogP contribution in [0.2, 0.25) is 0 Å². The molecule has 3 aromatic rings. The summed E-state index contributed by atoms with van der Waals surface area (Å²) in [6, 6.07) is 21.8. The Labute approximate surface area is 206 Å². The van der Waals surface area contributed by atoms with Crippen molar-refractivity contribution in [3.8, 4) is 11.5 Å². The van der Waals surface area contributed by atoms with Crippen molar-refractivity contribution in [1.29, 1.82) is 0 Å². The number of ether oxygens (including phenoxy) is 2. The van der Waals surface area contributed by atoms with Crippen LogP contribution in [0.1, 0.15) is 29.5 Å². The third-order valence-corrected chi connectivity index (χ3v) is 6.74. The third-order valence-electron chi connectivity index (χ3n) is 5.57. The third kappa shape index (κ3) is 4.36. The van der Waals surface area contributed by atoms with E-state index in [1.807, 2.05) is 61.5 Å². The van der Waals surface area contributed by atoms with Gasteiger partial charge in [0, 0.05) is 22.6 Å². The maximum Gasteiger partial charge on any atom is 0.263 e. The molecule has 1 unspecified atom stereocenters. The Morgan fingerprint density at radius 2 is 1.82 bits per heavy atom. The number of rotatable bonds is 5. The van der Waals surface area contributed by atoms with Crippen LogP contribution in [-0.4, -0.2) is 16.8 Å². The monoisotopic (exact) mass is 489 g/mol. The van der Waals surface area contributed by atoms with Gasteiger partial charge in [0.15, 0.2) is 0 Å². The predicted octanol–water partition coefficient (Wildman–Crippen LogP) is 6.19. The molecule has 1 N–H and O–H groups in total. The Kier molecular flexibility index (Phi) is 6.22. The number of hydrogen-bond donors (Lipinski definition) is 1. The highest BCUT2D eigenvalue weighted by Gasteiger charge is 2.33. The number of thiocarbonyl (C=S) groups is 1. The number of amides is 1. The van der Waals surface area contributed by atoms with Crippen LogP contribution in [0.15, 0.2) is 89.4 Å². The van der Waals surface area contributed by atoms with E-state index in [9.17, 15) is 9.18 Å². The molecule has 1 saturated heterocycles. The van der Waals surface area contributed by atoms with Crippen molar-refractivity contribution >= 4 is 40.0 Å². The fourth-order valence-corrected chi connectivity index (χ4v) is 5.13. The minimum Gasteiger partial charge on any atom is -0.494 e. The summed E-state index contributed by atoms with van der Waals surface area (Å²) in [5, 5.41) is 2.67.